The van der Waals surface area contributed by atoms with E-state index in [1.54, 1.807) is 48.5 Å². The quantitative estimate of drug-likeness (QED) is 0.725. The molecule has 106 valence electrons. The van der Waals surface area contributed by atoms with Gasteiger partial charge in [0.1, 0.15) is 0 Å². The summed E-state index contributed by atoms with van der Waals surface area (Å²) in [7, 11) is 1.63. The van der Waals surface area contributed by atoms with Crippen LogP contribution < -0.4 is 16.4 Å². The second-order valence-electron chi connectivity index (χ2n) is 4.19. The predicted molar refractivity (Wildman–Crippen MR) is 77.6 cm³/mol. The van der Waals surface area contributed by atoms with E-state index < -0.39 is 0 Å². The van der Waals surface area contributed by atoms with Crippen molar-refractivity contribution in [2.45, 2.75) is 6.54 Å². The number of carbonyl (C=O) groups is 1. The number of carbonyl (C=O) groups excluding carboxylic acids is 1. The summed E-state index contributed by atoms with van der Waals surface area (Å²) < 4.78 is 6.65. The molecule has 1 heterocycles. The van der Waals surface area contributed by atoms with Crippen LogP contribution in [0.4, 0.5) is 21.9 Å². The standard InChI is InChI=1S/C13H17N5O2/c1-20-6-5-18-9-12(8-15-18)17-13(19)16-11-4-2-3-10(14)7-11/h2-4,7-9H,5-6,14H2,1H3,(H2,16,17,19). The Labute approximate surface area is 116 Å². The Kier molecular flexibility index (Phi) is 4.56. The Hall–Kier alpha value is -2.54. The van der Waals surface area contributed by atoms with Crippen molar-refractivity contribution in [3.8, 4) is 0 Å². The zero-order valence-electron chi connectivity index (χ0n) is 11.2. The number of nitrogens with one attached hydrogen (secondary N) is 2. The first-order valence-electron chi connectivity index (χ1n) is 6.12. The highest BCUT2D eigenvalue weighted by atomic mass is 16.5. The lowest BCUT2D eigenvalue weighted by atomic mass is 10.3. The second-order valence-corrected chi connectivity index (χ2v) is 4.19. The normalized spacial score (nSPS) is 10.2. The maximum atomic E-state index is 11.8. The Balaban J connectivity index is 1.89. The van der Waals surface area contributed by atoms with E-state index in [0.717, 1.165) is 0 Å². The number of ether oxygens (including phenoxy) is 1. The molecular formula is C13H17N5O2. The fourth-order valence-corrected chi connectivity index (χ4v) is 1.65. The van der Waals surface area contributed by atoms with Gasteiger partial charge in [-0.3, -0.25) is 4.68 Å². The highest BCUT2D eigenvalue weighted by Crippen LogP contribution is 2.12. The molecule has 1 aromatic heterocycles. The number of rotatable bonds is 5. The summed E-state index contributed by atoms with van der Waals surface area (Å²) in [6.45, 7) is 1.20. The molecule has 0 saturated carbocycles. The first-order valence-corrected chi connectivity index (χ1v) is 6.12. The van der Waals surface area contributed by atoms with Crippen LogP contribution in [-0.4, -0.2) is 29.5 Å². The number of amides is 2. The molecule has 7 nitrogen and oxygen atoms in total. The van der Waals surface area contributed by atoms with Crippen LogP contribution in [0.15, 0.2) is 36.7 Å². The number of nitrogen functional groups attached to an aromatic ring is 1. The van der Waals surface area contributed by atoms with Crippen LogP contribution in [0.2, 0.25) is 0 Å². The molecule has 0 radical (unpaired) electrons. The van der Waals surface area contributed by atoms with E-state index in [4.69, 9.17) is 10.5 Å². The SMILES string of the molecule is COCCn1cc(NC(=O)Nc2cccc(N)c2)cn1. The van der Waals surface area contributed by atoms with E-state index in [1.807, 2.05) is 0 Å². The van der Waals surface area contributed by atoms with Crippen LogP contribution in [0.25, 0.3) is 0 Å². The van der Waals surface area contributed by atoms with Crippen molar-refractivity contribution >= 4 is 23.1 Å². The number of benzene rings is 1. The van der Waals surface area contributed by atoms with Gasteiger partial charge in [-0.05, 0) is 18.2 Å². The molecule has 0 spiro atoms. The third kappa shape index (κ3) is 3.99. The minimum atomic E-state index is -0.345. The van der Waals surface area contributed by atoms with Gasteiger partial charge < -0.3 is 21.1 Å². The first kappa shape index (κ1) is 13.9. The van der Waals surface area contributed by atoms with Crippen molar-refractivity contribution < 1.29 is 9.53 Å². The molecule has 4 N–H and O–H groups in total. The number of hydrogen-bond acceptors (Lipinski definition) is 4. The van der Waals surface area contributed by atoms with E-state index in [-0.39, 0.29) is 6.03 Å². The summed E-state index contributed by atoms with van der Waals surface area (Å²) in [5.41, 5.74) is 7.48. The Bertz CT molecular complexity index is 582. The summed E-state index contributed by atoms with van der Waals surface area (Å²) in [4.78, 5) is 11.8. The zero-order chi connectivity index (χ0) is 14.4. The van der Waals surface area contributed by atoms with Crippen LogP contribution >= 0.6 is 0 Å². The van der Waals surface area contributed by atoms with E-state index >= 15 is 0 Å². The van der Waals surface area contributed by atoms with Gasteiger partial charge in [-0.2, -0.15) is 5.10 Å². The fraction of sp³-hybridized carbons (Fsp3) is 0.231. The van der Waals surface area contributed by atoms with Gasteiger partial charge in [0.05, 0.1) is 25.0 Å². The molecule has 0 saturated heterocycles. The number of anilines is 3. The number of urea groups is 1. The molecule has 2 aromatic rings. The van der Waals surface area contributed by atoms with Gasteiger partial charge in [-0.1, -0.05) is 6.07 Å². The van der Waals surface area contributed by atoms with E-state index in [0.29, 0.717) is 30.2 Å². The largest absolute Gasteiger partial charge is 0.399 e. The number of aromatic nitrogens is 2. The lowest BCUT2D eigenvalue weighted by molar-refractivity contribution is 0.183. The molecule has 7 heteroatoms. The maximum Gasteiger partial charge on any atom is 0.323 e. The van der Waals surface area contributed by atoms with Gasteiger partial charge in [-0.15, -0.1) is 0 Å². The maximum absolute atomic E-state index is 11.8. The van der Waals surface area contributed by atoms with Crippen molar-refractivity contribution in [3.63, 3.8) is 0 Å². The summed E-state index contributed by atoms with van der Waals surface area (Å²) in [5, 5.41) is 9.49. The highest BCUT2D eigenvalue weighted by Gasteiger charge is 2.05. The smallest absolute Gasteiger partial charge is 0.323 e. The third-order valence-electron chi connectivity index (χ3n) is 2.56. The molecule has 2 amide bonds. The predicted octanol–water partition coefficient (Wildman–Crippen LogP) is 1.76. The summed E-state index contributed by atoms with van der Waals surface area (Å²) in [6.07, 6.45) is 3.31. The van der Waals surface area contributed by atoms with Gasteiger partial charge in [0.15, 0.2) is 0 Å². The van der Waals surface area contributed by atoms with Crippen LogP contribution in [-0.2, 0) is 11.3 Å². The fourth-order valence-electron chi connectivity index (χ4n) is 1.65. The summed E-state index contributed by atoms with van der Waals surface area (Å²) in [6, 6.07) is 6.62. The number of methoxy groups -OCH3 is 1. The van der Waals surface area contributed by atoms with Gasteiger partial charge in [0, 0.05) is 24.7 Å². The van der Waals surface area contributed by atoms with E-state index in [1.165, 1.54) is 0 Å². The third-order valence-corrected chi connectivity index (χ3v) is 2.56. The van der Waals surface area contributed by atoms with E-state index in [9.17, 15) is 4.79 Å². The molecule has 0 aliphatic carbocycles. The van der Waals surface area contributed by atoms with Crippen molar-refractivity contribution in [1.29, 1.82) is 0 Å². The van der Waals surface area contributed by atoms with Crippen LogP contribution in [0.5, 0.6) is 0 Å². The van der Waals surface area contributed by atoms with Crippen LogP contribution in [0.1, 0.15) is 0 Å². The average molecular weight is 275 g/mol. The summed E-state index contributed by atoms with van der Waals surface area (Å²) >= 11 is 0. The van der Waals surface area contributed by atoms with Crippen LogP contribution in [0, 0.1) is 0 Å². The molecule has 0 unspecified atom stereocenters. The zero-order valence-corrected chi connectivity index (χ0v) is 11.2. The van der Waals surface area contributed by atoms with Crippen molar-refractivity contribution in [1.82, 2.24) is 9.78 Å². The Morgan fingerprint density at radius 3 is 2.95 bits per heavy atom. The first-order chi connectivity index (χ1) is 9.67. The molecule has 1 aromatic carbocycles. The molecule has 20 heavy (non-hydrogen) atoms. The number of nitrogens with two attached hydrogens (primary N) is 1. The lowest BCUT2D eigenvalue weighted by Crippen LogP contribution is -2.19. The van der Waals surface area contributed by atoms with Gasteiger partial charge in [0.2, 0.25) is 0 Å². The molecule has 0 fully saturated rings. The Morgan fingerprint density at radius 2 is 2.20 bits per heavy atom. The monoisotopic (exact) mass is 275 g/mol. The topological polar surface area (TPSA) is 94.2 Å². The van der Waals surface area contributed by atoms with E-state index in [2.05, 4.69) is 15.7 Å². The van der Waals surface area contributed by atoms with Gasteiger partial charge >= 0.3 is 6.03 Å². The average Bonchev–Trinajstić information content (AvgIpc) is 2.83. The molecule has 0 bridgehead atoms. The summed E-state index contributed by atoms with van der Waals surface area (Å²) in [5.74, 6) is 0. The number of hydrogen-bond donors (Lipinski definition) is 3. The molecular weight excluding hydrogens is 258 g/mol. The Morgan fingerprint density at radius 1 is 1.40 bits per heavy atom. The van der Waals surface area contributed by atoms with Crippen molar-refractivity contribution in [2.75, 3.05) is 30.1 Å². The van der Waals surface area contributed by atoms with Crippen molar-refractivity contribution in [3.05, 3.63) is 36.7 Å². The second kappa shape index (κ2) is 6.58. The molecule has 0 aliphatic rings. The van der Waals surface area contributed by atoms with Crippen LogP contribution in [0.3, 0.4) is 0 Å². The molecule has 2 rings (SSSR count). The number of nitrogens with zero attached hydrogens (tertiary/aromatic N) is 2. The molecule has 0 atom stereocenters. The minimum absolute atomic E-state index is 0.345. The van der Waals surface area contributed by atoms with Crippen molar-refractivity contribution in [2.24, 2.45) is 0 Å². The highest BCUT2D eigenvalue weighted by molar-refractivity contribution is 5.99. The van der Waals surface area contributed by atoms with Gasteiger partial charge in [0.25, 0.3) is 0 Å². The minimum Gasteiger partial charge on any atom is -0.399 e. The lowest BCUT2D eigenvalue weighted by Gasteiger charge is -2.06. The van der Waals surface area contributed by atoms with Gasteiger partial charge in [-0.25, -0.2) is 4.79 Å². The molecule has 0 aliphatic heterocycles.